The first-order valence-electron chi connectivity index (χ1n) is 9.84. The van der Waals surface area contributed by atoms with Crippen LogP contribution in [-0.4, -0.2) is 32.2 Å². The van der Waals surface area contributed by atoms with Crippen molar-refractivity contribution in [3.05, 3.63) is 57.8 Å². The fraction of sp³-hybridized carbons (Fsp3) is 0.500. The third kappa shape index (κ3) is 6.74. The summed E-state index contributed by atoms with van der Waals surface area (Å²) in [7, 11) is 1.84. The molecular weight excluding hydrogens is 481 g/mol. The highest BCUT2D eigenvalue weighted by molar-refractivity contribution is 14.0. The maximum atomic E-state index is 6.11. The van der Waals surface area contributed by atoms with E-state index >= 15 is 0 Å². The monoisotopic (exact) mass is 513 g/mol. The van der Waals surface area contributed by atoms with Gasteiger partial charge in [-0.2, -0.15) is 0 Å². The molecule has 1 aromatic carbocycles. The van der Waals surface area contributed by atoms with E-state index in [-0.39, 0.29) is 30.1 Å². The molecule has 28 heavy (non-hydrogen) atoms. The first-order valence-corrected chi connectivity index (χ1v) is 10.7. The van der Waals surface area contributed by atoms with E-state index in [0.717, 1.165) is 32.0 Å². The zero-order chi connectivity index (χ0) is 19.1. The molecule has 2 N–H and O–H groups in total. The van der Waals surface area contributed by atoms with Crippen molar-refractivity contribution >= 4 is 41.3 Å². The van der Waals surface area contributed by atoms with Crippen LogP contribution in [-0.2, 0) is 11.2 Å². The van der Waals surface area contributed by atoms with Crippen molar-refractivity contribution in [3.8, 4) is 0 Å². The molecular formula is C22H32IN3OS. The van der Waals surface area contributed by atoms with Gasteiger partial charge in [-0.25, -0.2) is 0 Å². The molecule has 0 bridgehead atoms. The minimum atomic E-state index is 0. The number of benzene rings is 1. The fourth-order valence-electron chi connectivity index (χ4n) is 3.67. The zero-order valence-corrected chi connectivity index (χ0v) is 20.1. The molecule has 1 saturated heterocycles. The Morgan fingerprint density at radius 3 is 2.71 bits per heavy atom. The van der Waals surface area contributed by atoms with Crippen LogP contribution in [0.25, 0.3) is 0 Å². The number of aliphatic imine (C=N–C) groups is 1. The Morgan fingerprint density at radius 2 is 2.04 bits per heavy atom. The van der Waals surface area contributed by atoms with Gasteiger partial charge in [0, 0.05) is 48.3 Å². The molecule has 3 unspecified atom stereocenters. The lowest BCUT2D eigenvalue weighted by atomic mass is 9.89. The maximum Gasteiger partial charge on any atom is 0.191 e. The molecule has 2 aromatic rings. The SMILES string of the molecule is CN=C(NCC1CCCOC1c1ccccc1)NC(C)Cc1ccc(C)s1.I. The largest absolute Gasteiger partial charge is 0.373 e. The van der Waals surface area contributed by atoms with Gasteiger partial charge in [0.25, 0.3) is 0 Å². The molecule has 0 radical (unpaired) electrons. The molecule has 6 heteroatoms. The van der Waals surface area contributed by atoms with Crippen molar-refractivity contribution < 1.29 is 4.74 Å². The van der Waals surface area contributed by atoms with Crippen LogP contribution in [0.4, 0.5) is 0 Å². The van der Waals surface area contributed by atoms with Crippen LogP contribution in [0.1, 0.15) is 41.2 Å². The van der Waals surface area contributed by atoms with Gasteiger partial charge in [0.05, 0.1) is 6.10 Å². The van der Waals surface area contributed by atoms with Gasteiger partial charge in [-0.3, -0.25) is 4.99 Å². The fourth-order valence-corrected chi connectivity index (χ4v) is 4.69. The summed E-state index contributed by atoms with van der Waals surface area (Å²) in [6.45, 7) is 6.07. The number of aryl methyl sites for hydroxylation is 1. The Kier molecular flexibility index (Phi) is 9.74. The molecule has 1 fully saturated rings. The van der Waals surface area contributed by atoms with Gasteiger partial charge >= 0.3 is 0 Å². The summed E-state index contributed by atoms with van der Waals surface area (Å²) in [4.78, 5) is 7.19. The molecule has 154 valence electrons. The Hall–Kier alpha value is -1.12. The number of guanidine groups is 1. The molecule has 2 heterocycles. The van der Waals surface area contributed by atoms with Crippen molar-refractivity contribution in [2.75, 3.05) is 20.2 Å². The molecule has 0 aliphatic carbocycles. The second-order valence-corrected chi connectivity index (χ2v) is 8.69. The highest BCUT2D eigenvalue weighted by Crippen LogP contribution is 2.33. The van der Waals surface area contributed by atoms with E-state index in [1.54, 1.807) is 0 Å². The quantitative estimate of drug-likeness (QED) is 0.327. The van der Waals surface area contributed by atoms with Crippen LogP contribution in [0.5, 0.6) is 0 Å². The predicted molar refractivity (Wildman–Crippen MR) is 130 cm³/mol. The van der Waals surface area contributed by atoms with Crippen LogP contribution < -0.4 is 10.6 Å². The van der Waals surface area contributed by atoms with E-state index < -0.39 is 0 Å². The number of rotatable bonds is 6. The average molecular weight is 513 g/mol. The first-order chi connectivity index (χ1) is 13.2. The number of nitrogens with zero attached hydrogens (tertiary/aromatic N) is 1. The van der Waals surface area contributed by atoms with Crippen molar-refractivity contribution in [3.63, 3.8) is 0 Å². The van der Waals surface area contributed by atoms with Gasteiger partial charge < -0.3 is 15.4 Å². The van der Waals surface area contributed by atoms with E-state index in [1.807, 2.05) is 18.4 Å². The van der Waals surface area contributed by atoms with Crippen LogP contribution in [0.2, 0.25) is 0 Å². The van der Waals surface area contributed by atoms with Crippen LogP contribution in [0.3, 0.4) is 0 Å². The third-order valence-corrected chi connectivity index (χ3v) is 6.04. The smallest absolute Gasteiger partial charge is 0.191 e. The number of hydrogen-bond donors (Lipinski definition) is 2. The van der Waals surface area contributed by atoms with Gasteiger partial charge in [0.15, 0.2) is 5.96 Å². The van der Waals surface area contributed by atoms with Gasteiger partial charge in [0.2, 0.25) is 0 Å². The number of ether oxygens (including phenoxy) is 1. The summed E-state index contributed by atoms with van der Waals surface area (Å²) in [6, 6.07) is 15.3. The summed E-state index contributed by atoms with van der Waals surface area (Å²) in [6.07, 6.45) is 3.47. The van der Waals surface area contributed by atoms with Crippen LogP contribution >= 0.6 is 35.3 Å². The summed E-state index contributed by atoms with van der Waals surface area (Å²) in [5.74, 6) is 1.32. The van der Waals surface area contributed by atoms with E-state index in [2.05, 4.69) is 71.9 Å². The minimum absolute atomic E-state index is 0. The highest BCUT2D eigenvalue weighted by atomic mass is 127. The van der Waals surface area contributed by atoms with Gasteiger partial charge in [-0.05, 0) is 44.4 Å². The highest BCUT2D eigenvalue weighted by Gasteiger charge is 2.27. The first kappa shape index (κ1) is 23.2. The van der Waals surface area contributed by atoms with Gasteiger partial charge in [-0.1, -0.05) is 30.3 Å². The van der Waals surface area contributed by atoms with Crippen LogP contribution in [0.15, 0.2) is 47.5 Å². The van der Waals surface area contributed by atoms with E-state index in [4.69, 9.17) is 4.74 Å². The molecule has 3 rings (SSSR count). The third-order valence-electron chi connectivity index (χ3n) is 5.01. The second kappa shape index (κ2) is 11.8. The lowest BCUT2D eigenvalue weighted by molar-refractivity contribution is -0.0265. The molecule has 0 saturated carbocycles. The number of halogens is 1. The lowest BCUT2D eigenvalue weighted by Crippen LogP contribution is -2.45. The van der Waals surface area contributed by atoms with Gasteiger partial charge in [-0.15, -0.1) is 35.3 Å². The molecule has 3 atom stereocenters. The predicted octanol–water partition coefficient (Wildman–Crippen LogP) is 4.94. The molecule has 0 spiro atoms. The van der Waals surface area contributed by atoms with E-state index in [1.165, 1.54) is 21.7 Å². The molecule has 1 aromatic heterocycles. The minimum Gasteiger partial charge on any atom is -0.373 e. The number of nitrogens with one attached hydrogen (secondary N) is 2. The average Bonchev–Trinajstić information content (AvgIpc) is 3.10. The number of thiophene rings is 1. The second-order valence-electron chi connectivity index (χ2n) is 7.32. The standard InChI is InChI=1S/C22H31N3OS.HI/c1-16(14-20-12-11-17(2)27-20)25-22(23-3)24-15-19-10-7-13-26-21(19)18-8-5-4-6-9-18;/h4-6,8-9,11-12,16,19,21H,7,10,13-15H2,1-3H3,(H2,23,24,25);1H. The topological polar surface area (TPSA) is 45.7 Å². The Bertz CT molecular complexity index is 734. The maximum absolute atomic E-state index is 6.11. The summed E-state index contributed by atoms with van der Waals surface area (Å²) in [5.41, 5.74) is 1.27. The van der Waals surface area contributed by atoms with E-state index in [0.29, 0.717) is 12.0 Å². The normalized spacial score (nSPS) is 20.9. The van der Waals surface area contributed by atoms with Gasteiger partial charge in [0.1, 0.15) is 0 Å². The molecule has 0 amide bonds. The Balaban J connectivity index is 0.00000280. The molecule has 4 nitrogen and oxygen atoms in total. The molecule has 1 aliphatic rings. The summed E-state index contributed by atoms with van der Waals surface area (Å²) >= 11 is 1.87. The van der Waals surface area contributed by atoms with E-state index in [9.17, 15) is 0 Å². The van der Waals surface area contributed by atoms with Crippen LogP contribution in [0, 0.1) is 12.8 Å². The van der Waals surface area contributed by atoms with Crippen molar-refractivity contribution in [2.24, 2.45) is 10.9 Å². The Labute approximate surface area is 190 Å². The zero-order valence-electron chi connectivity index (χ0n) is 17.0. The van der Waals surface area contributed by atoms with Crippen molar-refractivity contribution in [1.29, 1.82) is 0 Å². The van der Waals surface area contributed by atoms with Crippen molar-refractivity contribution in [1.82, 2.24) is 10.6 Å². The summed E-state index contributed by atoms with van der Waals surface area (Å²) in [5, 5.41) is 7.05. The Morgan fingerprint density at radius 1 is 1.25 bits per heavy atom. The van der Waals surface area contributed by atoms with Crippen molar-refractivity contribution in [2.45, 2.75) is 45.3 Å². The lowest BCUT2D eigenvalue weighted by Gasteiger charge is -2.33. The number of hydrogen-bond acceptors (Lipinski definition) is 3. The summed E-state index contributed by atoms with van der Waals surface area (Å²) < 4.78 is 6.11. The molecule has 1 aliphatic heterocycles.